The van der Waals surface area contributed by atoms with Gasteiger partial charge in [-0.05, 0) is 139 Å². The number of nitrogens with one attached hydrogen (secondary N) is 1. The van der Waals surface area contributed by atoms with E-state index in [1.807, 2.05) is 64.1 Å². The lowest BCUT2D eigenvalue weighted by atomic mass is 9.91. The molecule has 2 atom stereocenters. The predicted octanol–water partition coefficient (Wildman–Crippen LogP) is 13.2. The van der Waals surface area contributed by atoms with Crippen LogP contribution in [0.3, 0.4) is 0 Å². The Labute approximate surface area is 402 Å². The highest BCUT2D eigenvalue weighted by atomic mass is 19.3. The van der Waals surface area contributed by atoms with Crippen LogP contribution in [0.5, 0.6) is 0 Å². The standard InChI is InChI=1S/C30H31F3N4O2.C23H26F2N4O2/c1-17-7-9-22(16-23(17)31)36-26(5-4-6-27(36)38)29-34-24-15-20(28-18(2)35-39-19(28)3)8-10-25(24)37(29)21-11-13-30(32,33)14-12-21;1-13-21(14(2)31-28-13)15-6-7-19-18(12-15)27-22(17-4-3-5-20(30)26-17)29(19)16-8-10-23(24,25)11-9-16/h7-10,15-16,21,26H,4-6,11-14H2,1-3H3;6-7,12,16-17H,3-5,8-11H2,1-2H3,(H,26,30)/t26-;17-/m00/s1. The Bertz CT molecular complexity index is 3070. The van der Waals surface area contributed by atoms with Gasteiger partial charge in [0.25, 0.3) is 0 Å². The lowest BCUT2D eigenvalue weighted by Gasteiger charge is -2.37. The van der Waals surface area contributed by atoms with Crippen molar-refractivity contribution in [2.45, 2.75) is 161 Å². The molecule has 11 rings (SSSR count). The number of nitrogens with zero attached hydrogens (tertiary/aromatic N) is 7. The summed E-state index contributed by atoms with van der Waals surface area (Å²) in [6.07, 6.45) is 4.60. The minimum atomic E-state index is -2.67. The number of carbonyl (C=O) groups is 2. The number of rotatable bonds is 7. The van der Waals surface area contributed by atoms with Crippen LogP contribution >= 0.6 is 0 Å². The average Bonchev–Trinajstić information content (AvgIpc) is 4.09. The normalized spacial score (nSPS) is 21.0. The first kappa shape index (κ1) is 47.3. The monoisotopic (exact) mass is 964 g/mol. The van der Waals surface area contributed by atoms with Gasteiger partial charge in [-0.15, -0.1) is 0 Å². The van der Waals surface area contributed by atoms with Crippen molar-refractivity contribution >= 4 is 39.6 Å². The zero-order chi connectivity index (χ0) is 49.2. The third-order valence-electron chi connectivity index (χ3n) is 14.9. The van der Waals surface area contributed by atoms with Crippen molar-refractivity contribution in [2.24, 2.45) is 0 Å². The lowest BCUT2D eigenvalue weighted by Crippen LogP contribution is -2.40. The van der Waals surface area contributed by atoms with Crippen LogP contribution in [0.1, 0.15) is 154 Å². The molecule has 3 aromatic carbocycles. The molecule has 12 nitrogen and oxygen atoms in total. The SMILES string of the molecule is Cc1ccc(N2C(=O)CCC[C@H]2c2nc3cc(-c4c(C)noc4C)ccc3n2C2CCC(F)(F)CC2)cc1F.Cc1noc(C)c1-c1ccc2c(c1)nc([C@@H]1CCCC(=O)N1)n2C1CCC(F)(F)CC1. The van der Waals surface area contributed by atoms with Crippen molar-refractivity contribution in [2.75, 3.05) is 4.90 Å². The summed E-state index contributed by atoms with van der Waals surface area (Å²) in [5, 5.41) is 11.2. The third kappa shape index (κ3) is 9.00. The summed E-state index contributed by atoms with van der Waals surface area (Å²) in [4.78, 5) is 37.0. The third-order valence-corrected chi connectivity index (χ3v) is 14.9. The zero-order valence-corrected chi connectivity index (χ0v) is 40.1. The van der Waals surface area contributed by atoms with Crippen LogP contribution in [-0.4, -0.2) is 53.1 Å². The molecule has 2 amide bonds. The number of amides is 2. The van der Waals surface area contributed by atoms with Crippen LogP contribution in [0.2, 0.25) is 0 Å². The Morgan fingerprint density at radius 2 is 1.14 bits per heavy atom. The maximum Gasteiger partial charge on any atom is 0.248 e. The first-order valence-electron chi connectivity index (χ1n) is 24.5. The van der Waals surface area contributed by atoms with Gasteiger partial charge in [0.05, 0.1) is 45.5 Å². The van der Waals surface area contributed by atoms with Gasteiger partial charge in [-0.1, -0.05) is 28.5 Å². The van der Waals surface area contributed by atoms with Gasteiger partial charge in [-0.25, -0.2) is 31.9 Å². The van der Waals surface area contributed by atoms with Crippen LogP contribution in [0.25, 0.3) is 44.3 Å². The smallest absolute Gasteiger partial charge is 0.248 e. The summed E-state index contributed by atoms with van der Waals surface area (Å²) in [6, 6.07) is 15.9. The number of benzene rings is 3. The molecule has 2 saturated heterocycles. The molecule has 2 aliphatic carbocycles. The van der Waals surface area contributed by atoms with Gasteiger partial charge in [0.2, 0.25) is 23.7 Å². The molecule has 4 fully saturated rings. The Balaban J connectivity index is 0.000000166. The van der Waals surface area contributed by atoms with E-state index in [0.29, 0.717) is 79.7 Å². The Morgan fingerprint density at radius 3 is 1.64 bits per heavy atom. The second-order valence-corrected chi connectivity index (χ2v) is 19.8. The number of carbonyl (C=O) groups excluding carboxylic acids is 2. The molecule has 0 radical (unpaired) electrons. The number of aryl methyl sites for hydroxylation is 5. The Kier molecular flexibility index (Phi) is 12.4. The molecule has 6 heterocycles. The predicted molar refractivity (Wildman–Crippen MR) is 254 cm³/mol. The second-order valence-electron chi connectivity index (χ2n) is 19.8. The van der Waals surface area contributed by atoms with E-state index in [0.717, 1.165) is 74.6 Å². The van der Waals surface area contributed by atoms with Gasteiger partial charge in [0.1, 0.15) is 29.0 Å². The average molecular weight is 965 g/mol. The lowest BCUT2D eigenvalue weighted by molar-refractivity contribution is -0.123. The highest BCUT2D eigenvalue weighted by molar-refractivity contribution is 5.95. The number of alkyl halides is 4. The van der Waals surface area contributed by atoms with Gasteiger partial charge in [-0.2, -0.15) is 0 Å². The minimum absolute atomic E-state index is 0.0152. The van der Waals surface area contributed by atoms with E-state index in [2.05, 4.69) is 24.8 Å². The van der Waals surface area contributed by atoms with Gasteiger partial charge in [-0.3, -0.25) is 9.59 Å². The fourth-order valence-electron chi connectivity index (χ4n) is 11.3. The topological polar surface area (TPSA) is 137 Å². The molecule has 0 unspecified atom stereocenters. The highest BCUT2D eigenvalue weighted by Gasteiger charge is 2.41. The van der Waals surface area contributed by atoms with E-state index in [9.17, 15) is 31.5 Å². The van der Waals surface area contributed by atoms with E-state index in [1.165, 1.54) is 6.07 Å². The minimum Gasteiger partial charge on any atom is -0.361 e. The fraction of sp³-hybridized carbons (Fsp3) is 0.472. The van der Waals surface area contributed by atoms with Crippen LogP contribution in [0, 0.1) is 40.4 Å². The number of halogens is 5. The van der Waals surface area contributed by atoms with Crippen molar-refractivity contribution in [3.63, 3.8) is 0 Å². The van der Waals surface area contributed by atoms with Gasteiger partial charge < -0.3 is 28.4 Å². The largest absolute Gasteiger partial charge is 0.361 e. The number of fused-ring (bicyclic) bond motifs is 2. The zero-order valence-electron chi connectivity index (χ0n) is 40.1. The van der Waals surface area contributed by atoms with Crippen molar-refractivity contribution in [1.29, 1.82) is 0 Å². The first-order chi connectivity index (χ1) is 33.4. The number of imidazole rings is 2. The van der Waals surface area contributed by atoms with Crippen LogP contribution in [0.15, 0.2) is 63.6 Å². The quantitative estimate of drug-likeness (QED) is 0.156. The maximum absolute atomic E-state index is 14.6. The van der Waals surface area contributed by atoms with Crippen LogP contribution in [0.4, 0.5) is 27.6 Å². The summed E-state index contributed by atoms with van der Waals surface area (Å²) in [5.41, 5.74) is 9.54. The molecule has 17 heteroatoms. The molecule has 4 aliphatic rings. The van der Waals surface area contributed by atoms with Crippen molar-refractivity contribution in [3.05, 3.63) is 101 Å². The molecule has 0 spiro atoms. The van der Waals surface area contributed by atoms with E-state index < -0.39 is 17.9 Å². The second kappa shape index (κ2) is 18.4. The Morgan fingerprint density at radius 1 is 0.629 bits per heavy atom. The van der Waals surface area contributed by atoms with Crippen molar-refractivity contribution < 1.29 is 40.6 Å². The van der Waals surface area contributed by atoms with E-state index in [1.54, 1.807) is 24.0 Å². The van der Waals surface area contributed by atoms with Crippen LogP contribution < -0.4 is 10.2 Å². The van der Waals surface area contributed by atoms with Crippen molar-refractivity contribution in [1.82, 2.24) is 34.7 Å². The number of aromatic nitrogens is 6. The number of hydrogen-bond acceptors (Lipinski definition) is 8. The summed E-state index contributed by atoms with van der Waals surface area (Å²) >= 11 is 0. The number of piperidine rings is 2. The molecule has 70 heavy (non-hydrogen) atoms. The maximum atomic E-state index is 14.6. The van der Waals surface area contributed by atoms with Gasteiger partial charge in [0, 0.05) is 67.4 Å². The van der Waals surface area contributed by atoms with Crippen molar-refractivity contribution in [3.8, 4) is 22.3 Å². The molecule has 7 aromatic rings. The summed E-state index contributed by atoms with van der Waals surface area (Å²) in [7, 11) is 0. The Hall–Kier alpha value is -6.39. The molecule has 0 bridgehead atoms. The molecule has 2 aliphatic heterocycles. The molecule has 4 aromatic heterocycles. The number of anilines is 1. The van der Waals surface area contributed by atoms with E-state index >= 15 is 0 Å². The van der Waals surface area contributed by atoms with Gasteiger partial charge >= 0.3 is 0 Å². The highest BCUT2D eigenvalue weighted by Crippen LogP contribution is 2.46. The fourth-order valence-corrected chi connectivity index (χ4v) is 11.3. The molecular weight excluding hydrogens is 908 g/mol. The molecule has 2 saturated carbocycles. The first-order valence-corrected chi connectivity index (χ1v) is 24.5. The summed E-state index contributed by atoms with van der Waals surface area (Å²) in [5.74, 6) is -2.85. The summed E-state index contributed by atoms with van der Waals surface area (Å²) in [6.45, 7) is 9.21. The summed E-state index contributed by atoms with van der Waals surface area (Å²) < 4.78 is 85.4. The molecular formula is C53H57F5N8O4. The van der Waals surface area contributed by atoms with Gasteiger partial charge in [0.15, 0.2) is 0 Å². The van der Waals surface area contributed by atoms with E-state index in [4.69, 9.17) is 19.0 Å². The molecule has 1 N–H and O–H groups in total. The number of hydrogen-bond donors (Lipinski definition) is 1. The molecule has 368 valence electrons. The van der Waals surface area contributed by atoms with E-state index in [-0.39, 0.29) is 61.4 Å². The van der Waals surface area contributed by atoms with Crippen LogP contribution in [-0.2, 0) is 9.59 Å².